The molecule has 2 aliphatic rings. The Morgan fingerprint density at radius 3 is 2.43 bits per heavy atom. The summed E-state index contributed by atoms with van der Waals surface area (Å²) in [6.07, 6.45) is 4.63. The lowest BCUT2D eigenvalue weighted by molar-refractivity contribution is 0.0696. The average molecular weight is 337 g/mol. The molecular weight excluding hydrogens is 308 g/mol. The summed E-state index contributed by atoms with van der Waals surface area (Å²) in [6.45, 7) is 8.35. The summed E-state index contributed by atoms with van der Waals surface area (Å²) in [4.78, 5) is 14.9. The maximum Gasteiger partial charge on any atom is 0.254 e. The van der Waals surface area contributed by atoms with Gasteiger partial charge in [0.2, 0.25) is 0 Å². The van der Waals surface area contributed by atoms with Crippen LogP contribution in [0.5, 0.6) is 0 Å². The van der Waals surface area contributed by atoms with Gasteiger partial charge >= 0.3 is 0 Å². The maximum absolute atomic E-state index is 12.9. The summed E-state index contributed by atoms with van der Waals surface area (Å²) in [5.74, 6) is 1.60. The Labute approximate surface area is 146 Å². The topological polar surface area (TPSA) is 32.3 Å². The van der Waals surface area contributed by atoms with E-state index >= 15 is 0 Å². The van der Waals surface area contributed by atoms with E-state index in [1.54, 1.807) is 0 Å². The van der Waals surface area contributed by atoms with Gasteiger partial charge in [-0.05, 0) is 74.7 Å². The summed E-state index contributed by atoms with van der Waals surface area (Å²) in [7, 11) is 0. The van der Waals surface area contributed by atoms with Gasteiger partial charge in [0, 0.05) is 18.7 Å². The van der Waals surface area contributed by atoms with Crippen molar-refractivity contribution in [1.82, 2.24) is 10.2 Å². The molecule has 1 N–H and O–H groups in total. The molecule has 2 saturated heterocycles. The smallest absolute Gasteiger partial charge is 0.254 e. The molecule has 2 fully saturated rings. The molecule has 4 heteroatoms. The van der Waals surface area contributed by atoms with Gasteiger partial charge in [0.1, 0.15) is 0 Å². The van der Waals surface area contributed by atoms with Crippen molar-refractivity contribution in [1.29, 1.82) is 0 Å². The van der Waals surface area contributed by atoms with E-state index in [2.05, 4.69) is 42.3 Å². The number of likely N-dealkylation sites (tertiary alicyclic amines) is 1. The van der Waals surface area contributed by atoms with Crippen LogP contribution < -0.4 is 5.32 Å². The highest BCUT2D eigenvalue weighted by atomic mass is 35.5. The molecule has 0 unspecified atom stereocenters. The van der Waals surface area contributed by atoms with Crippen molar-refractivity contribution in [3.8, 4) is 0 Å². The zero-order valence-electron chi connectivity index (χ0n) is 14.3. The third kappa shape index (κ3) is 4.27. The fraction of sp³-hybridized carbons (Fsp3) is 0.632. The van der Waals surface area contributed by atoms with Crippen molar-refractivity contribution in [2.75, 3.05) is 26.2 Å². The number of nitrogens with one attached hydrogen (secondary N) is 1. The highest BCUT2D eigenvalue weighted by molar-refractivity contribution is 5.96. The van der Waals surface area contributed by atoms with Crippen LogP contribution in [0, 0.1) is 12.8 Å². The number of benzene rings is 1. The van der Waals surface area contributed by atoms with Crippen molar-refractivity contribution in [2.24, 2.45) is 5.92 Å². The predicted molar refractivity (Wildman–Crippen MR) is 97.6 cm³/mol. The van der Waals surface area contributed by atoms with Crippen LogP contribution in [-0.2, 0) is 0 Å². The van der Waals surface area contributed by atoms with Crippen LogP contribution in [0.2, 0.25) is 0 Å². The van der Waals surface area contributed by atoms with Crippen LogP contribution in [0.25, 0.3) is 0 Å². The van der Waals surface area contributed by atoms with E-state index in [0.717, 1.165) is 56.1 Å². The van der Waals surface area contributed by atoms with Crippen molar-refractivity contribution < 1.29 is 4.79 Å². The number of hydrogen-bond acceptors (Lipinski definition) is 2. The first-order chi connectivity index (χ1) is 10.6. The molecule has 0 atom stereocenters. The highest BCUT2D eigenvalue weighted by Crippen LogP contribution is 2.28. The summed E-state index contributed by atoms with van der Waals surface area (Å²) in [5.41, 5.74) is 3.38. The summed E-state index contributed by atoms with van der Waals surface area (Å²) in [5, 5.41) is 3.41. The first-order valence-electron chi connectivity index (χ1n) is 8.75. The predicted octanol–water partition coefficient (Wildman–Crippen LogP) is 3.76. The summed E-state index contributed by atoms with van der Waals surface area (Å²) >= 11 is 0. The molecule has 0 aromatic heterocycles. The lowest BCUT2D eigenvalue weighted by Gasteiger charge is -2.31. The molecule has 23 heavy (non-hydrogen) atoms. The molecule has 3 rings (SSSR count). The lowest BCUT2D eigenvalue weighted by atomic mass is 9.88. The second-order valence-corrected chi connectivity index (χ2v) is 7.07. The van der Waals surface area contributed by atoms with E-state index in [1.165, 1.54) is 18.4 Å². The Balaban J connectivity index is 0.00000192. The number of carbonyl (C=O) groups excluding carboxylic acids is 1. The maximum atomic E-state index is 12.9. The van der Waals surface area contributed by atoms with Gasteiger partial charge in [-0.25, -0.2) is 0 Å². The van der Waals surface area contributed by atoms with Gasteiger partial charge in [0.15, 0.2) is 0 Å². The van der Waals surface area contributed by atoms with Crippen LogP contribution >= 0.6 is 12.4 Å². The van der Waals surface area contributed by atoms with E-state index in [9.17, 15) is 4.79 Å². The quantitative estimate of drug-likeness (QED) is 0.892. The van der Waals surface area contributed by atoms with Crippen molar-refractivity contribution in [3.05, 3.63) is 34.9 Å². The summed E-state index contributed by atoms with van der Waals surface area (Å²) < 4.78 is 0. The molecule has 0 aliphatic carbocycles. The van der Waals surface area contributed by atoms with Gasteiger partial charge in [0.05, 0.1) is 0 Å². The standard InChI is InChI=1S/C19H28N2O.ClH/c1-14-7-11-21(12-8-14)19(22)18-13-17(4-3-15(18)2)16-5-9-20-10-6-16;/h3-4,13-14,16,20H,5-12H2,1-2H3;1H. The van der Waals surface area contributed by atoms with Gasteiger partial charge in [-0.3, -0.25) is 4.79 Å². The van der Waals surface area contributed by atoms with Crippen LogP contribution in [0.1, 0.15) is 60.0 Å². The van der Waals surface area contributed by atoms with E-state index < -0.39 is 0 Å². The molecular formula is C19H29ClN2O. The van der Waals surface area contributed by atoms with Crippen LogP contribution in [0.15, 0.2) is 18.2 Å². The normalized spacial score (nSPS) is 20.2. The van der Waals surface area contributed by atoms with Crippen molar-refractivity contribution >= 4 is 18.3 Å². The second kappa shape index (κ2) is 8.16. The molecule has 2 heterocycles. The molecule has 1 aromatic carbocycles. The Kier molecular flexibility index (Phi) is 6.49. The van der Waals surface area contributed by atoms with Crippen molar-refractivity contribution in [3.63, 3.8) is 0 Å². The Bertz CT molecular complexity index is 532. The highest BCUT2D eigenvalue weighted by Gasteiger charge is 2.24. The molecule has 3 nitrogen and oxygen atoms in total. The second-order valence-electron chi connectivity index (χ2n) is 7.07. The monoisotopic (exact) mass is 336 g/mol. The Hall–Kier alpha value is -1.06. The lowest BCUT2D eigenvalue weighted by Crippen LogP contribution is -2.38. The molecule has 1 aromatic rings. The first kappa shape index (κ1) is 18.3. The zero-order chi connectivity index (χ0) is 15.5. The van der Waals surface area contributed by atoms with Gasteiger partial charge in [0.25, 0.3) is 5.91 Å². The van der Waals surface area contributed by atoms with Gasteiger partial charge < -0.3 is 10.2 Å². The number of amides is 1. The van der Waals surface area contributed by atoms with Crippen molar-refractivity contribution in [2.45, 2.75) is 45.4 Å². The number of hydrogen-bond donors (Lipinski definition) is 1. The molecule has 0 saturated carbocycles. The molecule has 0 radical (unpaired) electrons. The van der Waals surface area contributed by atoms with Crippen LogP contribution in [0.4, 0.5) is 0 Å². The molecule has 0 spiro atoms. The minimum absolute atomic E-state index is 0. The fourth-order valence-corrected chi connectivity index (χ4v) is 3.66. The fourth-order valence-electron chi connectivity index (χ4n) is 3.66. The number of piperidine rings is 2. The number of rotatable bonds is 2. The number of nitrogens with zero attached hydrogens (tertiary/aromatic N) is 1. The minimum Gasteiger partial charge on any atom is -0.339 e. The summed E-state index contributed by atoms with van der Waals surface area (Å²) in [6, 6.07) is 6.53. The van der Waals surface area contributed by atoms with Gasteiger partial charge in [-0.1, -0.05) is 19.1 Å². The van der Waals surface area contributed by atoms with E-state index in [0.29, 0.717) is 5.92 Å². The minimum atomic E-state index is 0. The van der Waals surface area contributed by atoms with Crippen LogP contribution in [-0.4, -0.2) is 37.0 Å². The third-order valence-corrected chi connectivity index (χ3v) is 5.37. The van der Waals surface area contributed by atoms with Gasteiger partial charge in [-0.2, -0.15) is 0 Å². The number of aryl methyl sites for hydroxylation is 1. The van der Waals surface area contributed by atoms with E-state index in [-0.39, 0.29) is 18.3 Å². The SMILES string of the molecule is Cc1ccc(C2CCNCC2)cc1C(=O)N1CCC(C)CC1.Cl. The van der Waals surface area contributed by atoms with Gasteiger partial charge in [-0.15, -0.1) is 12.4 Å². The first-order valence-corrected chi connectivity index (χ1v) is 8.75. The number of halogens is 1. The third-order valence-electron chi connectivity index (χ3n) is 5.37. The Morgan fingerprint density at radius 1 is 1.13 bits per heavy atom. The average Bonchev–Trinajstić information content (AvgIpc) is 2.56. The van der Waals surface area contributed by atoms with Crippen LogP contribution in [0.3, 0.4) is 0 Å². The van der Waals surface area contributed by atoms with E-state index in [4.69, 9.17) is 0 Å². The number of carbonyl (C=O) groups is 1. The van der Waals surface area contributed by atoms with E-state index in [1.807, 2.05) is 0 Å². The largest absolute Gasteiger partial charge is 0.339 e. The molecule has 0 bridgehead atoms. The Morgan fingerprint density at radius 2 is 1.78 bits per heavy atom. The molecule has 128 valence electrons. The molecule has 2 aliphatic heterocycles. The zero-order valence-corrected chi connectivity index (χ0v) is 15.1. The molecule has 1 amide bonds.